The Kier molecular flexibility index (Phi) is 3.53. The van der Waals surface area contributed by atoms with Crippen LogP contribution in [0.25, 0.3) is 10.2 Å². The van der Waals surface area contributed by atoms with Gasteiger partial charge >= 0.3 is 5.97 Å². The average Bonchev–Trinajstić information content (AvgIpc) is 2.73. The molecule has 0 amide bonds. The van der Waals surface area contributed by atoms with Gasteiger partial charge in [-0.2, -0.15) is 0 Å². The van der Waals surface area contributed by atoms with Gasteiger partial charge in [0.1, 0.15) is 17.0 Å². The Hall–Kier alpha value is -1.69. The maximum atomic E-state index is 10.5. The molecule has 17 heavy (non-hydrogen) atoms. The van der Waals surface area contributed by atoms with Gasteiger partial charge in [0.2, 0.25) is 0 Å². The van der Waals surface area contributed by atoms with E-state index in [1.165, 1.54) is 6.33 Å². The predicted molar refractivity (Wildman–Crippen MR) is 67.3 cm³/mol. The molecule has 2 aromatic rings. The van der Waals surface area contributed by atoms with Crippen molar-refractivity contribution in [1.82, 2.24) is 9.97 Å². The van der Waals surface area contributed by atoms with Crippen LogP contribution in [0.2, 0.25) is 0 Å². The molecule has 0 radical (unpaired) electrons. The molecule has 0 aliphatic heterocycles. The largest absolute Gasteiger partial charge is 0.481 e. The Morgan fingerprint density at radius 2 is 2.41 bits per heavy atom. The first-order chi connectivity index (χ1) is 8.16. The van der Waals surface area contributed by atoms with Crippen molar-refractivity contribution < 1.29 is 9.90 Å². The summed E-state index contributed by atoms with van der Waals surface area (Å²) in [6.45, 7) is 2.49. The molecule has 2 N–H and O–H groups in total. The molecule has 2 aromatic heterocycles. The van der Waals surface area contributed by atoms with Crippen molar-refractivity contribution in [3.63, 3.8) is 0 Å². The van der Waals surface area contributed by atoms with E-state index < -0.39 is 5.97 Å². The summed E-state index contributed by atoms with van der Waals surface area (Å²) in [6, 6.07) is 1.96. The van der Waals surface area contributed by atoms with E-state index in [4.69, 9.17) is 5.11 Å². The Morgan fingerprint density at radius 1 is 1.59 bits per heavy atom. The van der Waals surface area contributed by atoms with Crippen LogP contribution in [0.5, 0.6) is 0 Å². The summed E-state index contributed by atoms with van der Waals surface area (Å²) >= 11 is 1.56. The standard InChI is InChI=1S/C11H13N3O2S/c1-7(4-9(15)16)5-12-10-8-2-3-17-11(8)14-6-13-10/h2-3,6-7H,4-5H2,1H3,(H,15,16)(H,12,13,14). The normalized spacial score (nSPS) is 12.5. The van der Waals surface area contributed by atoms with E-state index in [1.54, 1.807) is 11.3 Å². The highest BCUT2D eigenvalue weighted by Gasteiger charge is 2.09. The number of thiophene rings is 1. The van der Waals surface area contributed by atoms with Gasteiger partial charge in [0.25, 0.3) is 0 Å². The number of carbonyl (C=O) groups is 1. The molecule has 0 spiro atoms. The van der Waals surface area contributed by atoms with E-state index in [2.05, 4.69) is 15.3 Å². The van der Waals surface area contributed by atoms with Gasteiger partial charge in [-0.3, -0.25) is 4.79 Å². The zero-order valence-corrected chi connectivity index (χ0v) is 10.2. The topological polar surface area (TPSA) is 75.1 Å². The van der Waals surface area contributed by atoms with Crippen LogP contribution in [0.3, 0.4) is 0 Å². The summed E-state index contributed by atoms with van der Waals surface area (Å²) in [5, 5.41) is 14.8. The van der Waals surface area contributed by atoms with Crippen LogP contribution >= 0.6 is 11.3 Å². The van der Waals surface area contributed by atoms with Crippen molar-refractivity contribution in [2.75, 3.05) is 11.9 Å². The van der Waals surface area contributed by atoms with Gasteiger partial charge in [-0.05, 0) is 17.4 Å². The van der Waals surface area contributed by atoms with Crippen LogP contribution in [0.4, 0.5) is 5.82 Å². The highest BCUT2D eigenvalue weighted by Crippen LogP contribution is 2.23. The van der Waals surface area contributed by atoms with Gasteiger partial charge in [0.05, 0.1) is 5.39 Å². The molecule has 6 heteroatoms. The van der Waals surface area contributed by atoms with Gasteiger partial charge in [0.15, 0.2) is 0 Å². The molecular formula is C11H13N3O2S. The van der Waals surface area contributed by atoms with Crippen LogP contribution in [0.1, 0.15) is 13.3 Å². The number of nitrogens with one attached hydrogen (secondary N) is 1. The molecule has 2 heterocycles. The van der Waals surface area contributed by atoms with Crippen LogP contribution in [-0.2, 0) is 4.79 Å². The maximum absolute atomic E-state index is 10.5. The number of carboxylic acids is 1. The molecule has 5 nitrogen and oxygen atoms in total. The average molecular weight is 251 g/mol. The molecule has 0 aliphatic rings. The van der Waals surface area contributed by atoms with Gasteiger partial charge in [-0.15, -0.1) is 11.3 Å². The third kappa shape index (κ3) is 2.91. The minimum atomic E-state index is -0.775. The summed E-state index contributed by atoms with van der Waals surface area (Å²) in [5.74, 6) is 0.0623. The summed E-state index contributed by atoms with van der Waals surface area (Å²) in [6.07, 6.45) is 1.67. The van der Waals surface area contributed by atoms with Crippen molar-refractivity contribution in [3.05, 3.63) is 17.8 Å². The summed E-state index contributed by atoms with van der Waals surface area (Å²) < 4.78 is 0. The fraction of sp³-hybridized carbons (Fsp3) is 0.364. The van der Waals surface area contributed by atoms with E-state index in [1.807, 2.05) is 18.4 Å². The number of anilines is 1. The van der Waals surface area contributed by atoms with E-state index in [-0.39, 0.29) is 12.3 Å². The maximum Gasteiger partial charge on any atom is 0.303 e. The molecule has 1 atom stereocenters. The lowest BCUT2D eigenvalue weighted by atomic mass is 10.1. The number of aliphatic carboxylic acids is 1. The number of hydrogen-bond donors (Lipinski definition) is 2. The monoisotopic (exact) mass is 251 g/mol. The van der Waals surface area contributed by atoms with E-state index in [0.717, 1.165) is 16.0 Å². The second-order valence-electron chi connectivity index (χ2n) is 3.95. The third-order valence-corrected chi connectivity index (χ3v) is 3.22. The summed E-state index contributed by atoms with van der Waals surface area (Å²) in [4.78, 5) is 19.8. The molecular weight excluding hydrogens is 238 g/mol. The number of hydrogen-bond acceptors (Lipinski definition) is 5. The van der Waals surface area contributed by atoms with Crippen LogP contribution < -0.4 is 5.32 Å². The first-order valence-corrected chi connectivity index (χ1v) is 6.18. The zero-order chi connectivity index (χ0) is 12.3. The number of fused-ring (bicyclic) bond motifs is 1. The van der Waals surface area contributed by atoms with Crippen LogP contribution in [0.15, 0.2) is 17.8 Å². The fourth-order valence-corrected chi connectivity index (χ4v) is 2.30. The smallest absolute Gasteiger partial charge is 0.303 e. The molecule has 0 aromatic carbocycles. The number of carboxylic acid groups (broad SMARTS) is 1. The number of nitrogens with zero attached hydrogens (tertiary/aromatic N) is 2. The van der Waals surface area contributed by atoms with E-state index in [9.17, 15) is 4.79 Å². The van der Waals surface area contributed by atoms with E-state index in [0.29, 0.717) is 6.54 Å². The van der Waals surface area contributed by atoms with Crippen molar-refractivity contribution in [1.29, 1.82) is 0 Å². The SMILES string of the molecule is CC(CNc1ncnc2sccc12)CC(=O)O. The molecule has 90 valence electrons. The lowest BCUT2D eigenvalue weighted by Crippen LogP contribution is -2.15. The zero-order valence-electron chi connectivity index (χ0n) is 9.38. The first kappa shape index (κ1) is 11.8. The Morgan fingerprint density at radius 3 is 3.18 bits per heavy atom. The highest BCUT2D eigenvalue weighted by molar-refractivity contribution is 7.16. The van der Waals surface area contributed by atoms with Crippen molar-refractivity contribution >= 4 is 33.3 Å². The lowest BCUT2D eigenvalue weighted by Gasteiger charge is -2.11. The Bertz CT molecular complexity index is 526. The molecule has 0 bridgehead atoms. The quantitative estimate of drug-likeness (QED) is 0.852. The summed E-state index contributed by atoms with van der Waals surface area (Å²) in [5.41, 5.74) is 0. The minimum Gasteiger partial charge on any atom is -0.481 e. The first-order valence-electron chi connectivity index (χ1n) is 5.30. The van der Waals surface area contributed by atoms with Crippen molar-refractivity contribution in [3.8, 4) is 0 Å². The number of rotatable bonds is 5. The van der Waals surface area contributed by atoms with Gasteiger partial charge in [-0.25, -0.2) is 9.97 Å². The molecule has 0 aliphatic carbocycles. The van der Waals surface area contributed by atoms with Crippen molar-refractivity contribution in [2.45, 2.75) is 13.3 Å². The van der Waals surface area contributed by atoms with Gasteiger partial charge < -0.3 is 10.4 Å². The van der Waals surface area contributed by atoms with E-state index >= 15 is 0 Å². The summed E-state index contributed by atoms with van der Waals surface area (Å²) in [7, 11) is 0. The molecule has 2 rings (SSSR count). The van der Waals surface area contributed by atoms with Crippen LogP contribution in [-0.4, -0.2) is 27.6 Å². The third-order valence-electron chi connectivity index (χ3n) is 2.40. The molecule has 1 unspecified atom stereocenters. The predicted octanol–water partition coefficient (Wildman–Crippen LogP) is 2.21. The molecule has 0 saturated heterocycles. The molecule has 0 saturated carbocycles. The van der Waals surface area contributed by atoms with Gasteiger partial charge in [-0.1, -0.05) is 6.92 Å². The Labute approximate surface area is 103 Å². The van der Waals surface area contributed by atoms with Crippen molar-refractivity contribution in [2.24, 2.45) is 5.92 Å². The second-order valence-corrected chi connectivity index (χ2v) is 4.84. The second kappa shape index (κ2) is 5.09. The highest BCUT2D eigenvalue weighted by atomic mass is 32.1. The molecule has 0 fully saturated rings. The lowest BCUT2D eigenvalue weighted by molar-refractivity contribution is -0.137. The minimum absolute atomic E-state index is 0.0659. The van der Waals surface area contributed by atoms with Crippen LogP contribution in [0, 0.1) is 5.92 Å². The Balaban J connectivity index is 2.03. The number of aromatic nitrogens is 2. The fourth-order valence-electron chi connectivity index (χ4n) is 1.57. The van der Waals surface area contributed by atoms with Gasteiger partial charge in [0, 0.05) is 13.0 Å².